The van der Waals surface area contributed by atoms with Crippen LogP contribution in [0.4, 0.5) is 4.79 Å². The number of carbonyl (C=O) groups excluding carboxylic acids is 1. The molecule has 3 saturated heterocycles. The van der Waals surface area contributed by atoms with Crippen LogP contribution < -0.4 is 5.32 Å². The number of ether oxygens (including phenoxy) is 1. The molecule has 3 fully saturated rings. The first-order chi connectivity index (χ1) is 12.2. The minimum Gasteiger partial charge on any atom is -0.441 e. The predicted octanol–water partition coefficient (Wildman–Crippen LogP) is 2.97. The summed E-state index contributed by atoms with van der Waals surface area (Å²) in [7, 11) is 0. The van der Waals surface area contributed by atoms with Crippen molar-refractivity contribution in [1.82, 2.24) is 15.1 Å². The number of halogens is 2. The third kappa shape index (κ3) is 5.50. The number of benzene rings is 1. The standard InChI is InChI=1S/C20H29N3O2.2ClH/c24-19-23(11-7-17-4-2-1-3-5-17)16-20(25-19)8-12-22(13-9-20)15-18-6-10-21-14-18;;/h1-5,18,21H,6-16H2;2*1H. The van der Waals surface area contributed by atoms with E-state index in [1.807, 2.05) is 11.0 Å². The van der Waals surface area contributed by atoms with Crippen LogP contribution in [0, 0.1) is 5.92 Å². The van der Waals surface area contributed by atoms with E-state index in [1.54, 1.807) is 0 Å². The molecule has 152 valence electrons. The molecule has 7 heteroatoms. The van der Waals surface area contributed by atoms with Crippen LogP contribution in [0.3, 0.4) is 0 Å². The fourth-order valence-corrected chi connectivity index (χ4v) is 4.41. The van der Waals surface area contributed by atoms with Gasteiger partial charge in [0.1, 0.15) is 5.60 Å². The number of nitrogens with zero attached hydrogens (tertiary/aromatic N) is 2. The largest absolute Gasteiger partial charge is 0.441 e. The van der Waals surface area contributed by atoms with Gasteiger partial charge in [-0.3, -0.25) is 0 Å². The fourth-order valence-electron chi connectivity index (χ4n) is 4.41. The minimum atomic E-state index is -0.238. The quantitative estimate of drug-likeness (QED) is 0.802. The summed E-state index contributed by atoms with van der Waals surface area (Å²) in [6.45, 7) is 7.13. The highest BCUT2D eigenvalue weighted by Crippen LogP contribution is 2.33. The molecule has 0 aliphatic carbocycles. The number of likely N-dealkylation sites (tertiary alicyclic amines) is 1. The molecule has 4 rings (SSSR count). The topological polar surface area (TPSA) is 44.8 Å². The van der Waals surface area contributed by atoms with Crippen molar-refractivity contribution in [2.24, 2.45) is 5.92 Å². The smallest absolute Gasteiger partial charge is 0.410 e. The second-order valence-corrected chi connectivity index (χ2v) is 7.87. The van der Waals surface area contributed by atoms with Crippen LogP contribution >= 0.6 is 24.8 Å². The summed E-state index contributed by atoms with van der Waals surface area (Å²) in [6, 6.07) is 10.4. The first kappa shape index (κ1) is 22.3. The molecule has 3 heterocycles. The van der Waals surface area contributed by atoms with Gasteiger partial charge in [0.15, 0.2) is 0 Å². The van der Waals surface area contributed by atoms with Gasteiger partial charge >= 0.3 is 6.09 Å². The monoisotopic (exact) mass is 415 g/mol. The number of carbonyl (C=O) groups is 1. The van der Waals surface area contributed by atoms with Gasteiger partial charge in [0.25, 0.3) is 0 Å². The Kier molecular flexibility index (Phi) is 8.22. The Hall–Kier alpha value is -1.01. The van der Waals surface area contributed by atoms with Crippen molar-refractivity contribution in [3.63, 3.8) is 0 Å². The SMILES string of the molecule is Cl.Cl.O=C1OC2(CCN(CC3CCNC3)CC2)CN1CCc1ccccc1. The van der Waals surface area contributed by atoms with Crippen LogP contribution in [0.5, 0.6) is 0 Å². The molecule has 0 aromatic heterocycles. The molecule has 3 aliphatic rings. The summed E-state index contributed by atoms with van der Waals surface area (Å²) >= 11 is 0. The van der Waals surface area contributed by atoms with Crippen LogP contribution in [0.2, 0.25) is 0 Å². The molecule has 1 spiro atoms. The summed E-state index contributed by atoms with van der Waals surface area (Å²) < 4.78 is 5.86. The minimum absolute atomic E-state index is 0. The van der Waals surface area contributed by atoms with Crippen LogP contribution in [0.1, 0.15) is 24.8 Å². The Labute approximate surface area is 174 Å². The maximum atomic E-state index is 12.3. The Morgan fingerprint density at radius 2 is 1.89 bits per heavy atom. The second-order valence-electron chi connectivity index (χ2n) is 7.87. The van der Waals surface area contributed by atoms with Gasteiger partial charge in [-0.05, 0) is 37.4 Å². The zero-order valence-corrected chi connectivity index (χ0v) is 17.4. The van der Waals surface area contributed by atoms with Gasteiger partial charge in [-0.25, -0.2) is 4.79 Å². The van der Waals surface area contributed by atoms with Gasteiger partial charge in [-0.15, -0.1) is 24.8 Å². The average molecular weight is 416 g/mol. The Balaban J connectivity index is 0.00000131. The predicted molar refractivity (Wildman–Crippen MR) is 112 cm³/mol. The maximum Gasteiger partial charge on any atom is 0.410 e. The van der Waals surface area contributed by atoms with Crippen molar-refractivity contribution in [3.05, 3.63) is 35.9 Å². The number of amides is 1. The fraction of sp³-hybridized carbons (Fsp3) is 0.650. The van der Waals surface area contributed by atoms with Crippen LogP contribution in [-0.2, 0) is 11.2 Å². The van der Waals surface area contributed by atoms with Gasteiger partial charge in [0.05, 0.1) is 6.54 Å². The summed E-state index contributed by atoms with van der Waals surface area (Å²) in [5.41, 5.74) is 1.04. The molecule has 1 aromatic rings. The lowest BCUT2D eigenvalue weighted by molar-refractivity contribution is -0.00208. The van der Waals surface area contributed by atoms with E-state index in [0.717, 1.165) is 64.4 Å². The molecule has 1 aromatic carbocycles. The number of nitrogens with one attached hydrogen (secondary N) is 1. The van der Waals surface area contributed by atoms with E-state index >= 15 is 0 Å². The zero-order chi connectivity index (χ0) is 17.1. The summed E-state index contributed by atoms with van der Waals surface area (Å²) in [5.74, 6) is 0.794. The highest BCUT2D eigenvalue weighted by atomic mass is 35.5. The van der Waals surface area contributed by atoms with E-state index in [2.05, 4.69) is 34.5 Å². The molecule has 0 saturated carbocycles. The van der Waals surface area contributed by atoms with Gasteiger partial charge in [-0.2, -0.15) is 0 Å². The van der Waals surface area contributed by atoms with E-state index in [1.165, 1.54) is 18.5 Å². The lowest BCUT2D eigenvalue weighted by atomic mass is 9.90. The molecule has 1 N–H and O–H groups in total. The maximum absolute atomic E-state index is 12.3. The third-order valence-corrected chi connectivity index (χ3v) is 6.00. The molecule has 27 heavy (non-hydrogen) atoms. The number of rotatable bonds is 5. The molecule has 3 aliphatic heterocycles. The molecule has 1 unspecified atom stereocenters. The molecule has 0 bridgehead atoms. The molecule has 1 atom stereocenters. The van der Waals surface area contributed by atoms with Crippen LogP contribution in [0.15, 0.2) is 30.3 Å². The molecule has 0 radical (unpaired) electrons. The van der Waals surface area contributed by atoms with E-state index < -0.39 is 0 Å². The van der Waals surface area contributed by atoms with Crippen molar-refractivity contribution in [2.75, 3.05) is 45.8 Å². The number of hydrogen-bond donors (Lipinski definition) is 1. The number of hydrogen-bond acceptors (Lipinski definition) is 4. The van der Waals surface area contributed by atoms with E-state index in [0.29, 0.717) is 0 Å². The lowest BCUT2D eigenvalue weighted by Crippen LogP contribution is -2.48. The highest BCUT2D eigenvalue weighted by Gasteiger charge is 2.46. The van der Waals surface area contributed by atoms with Crippen LogP contribution in [0.25, 0.3) is 0 Å². The number of piperidine rings is 1. The van der Waals surface area contributed by atoms with E-state index in [4.69, 9.17) is 4.74 Å². The summed E-state index contributed by atoms with van der Waals surface area (Å²) in [5, 5.41) is 3.45. The Morgan fingerprint density at radius 1 is 1.15 bits per heavy atom. The average Bonchev–Trinajstić information content (AvgIpc) is 3.24. The van der Waals surface area contributed by atoms with Crippen molar-refractivity contribution in [1.29, 1.82) is 0 Å². The van der Waals surface area contributed by atoms with Gasteiger partial charge < -0.3 is 19.9 Å². The van der Waals surface area contributed by atoms with Crippen LogP contribution in [-0.4, -0.2) is 67.3 Å². The normalized spacial score (nSPS) is 24.4. The van der Waals surface area contributed by atoms with Crippen molar-refractivity contribution in [3.8, 4) is 0 Å². The van der Waals surface area contributed by atoms with Gasteiger partial charge in [-0.1, -0.05) is 30.3 Å². The van der Waals surface area contributed by atoms with Gasteiger partial charge in [0, 0.05) is 39.0 Å². The lowest BCUT2D eigenvalue weighted by Gasteiger charge is -2.38. The molecular weight excluding hydrogens is 385 g/mol. The first-order valence-electron chi connectivity index (χ1n) is 9.67. The van der Waals surface area contributed by atoms with Crippen molar-refractivity contribution >= 4 is 30.9 Å². The third-order valence-electron chi connectivity index (χ3n) is 6.00. The molecular formula is C20H31Cl2N3O2. The second kappa shape index (κ2) is 9.97. The zero-order valence-electron chi connectivity index (χ0n) is 15.8. The van der Waals surface area contributed by atoms with Crippen molar-refractivity contribution < 1.29 is 9.53 Å². The highest BCUT2D eigenvalue weighted by molar-refractivity contribution is 5.85. The van der Waals surface area contributed by atoms with E-state index in [-0.39, 0.29) is 36.5 Å². The first-order valence-corrected chi connectivity index (χ1v) is 9.67. The van der Waals surface area contributed by atoms with Crippen molar-refractivity contribution in [2.45, 2.75) is 31.3 Å². The van der Waals surface area contributed by atoms with E-state index in [9.17, 15) is 4.79 Å². The summed E-state index contributed by atoms with van der Waals surface area (Å²) in [4.78, 5) is 16.8. The Morgan fingerprint density at radius 3 is 2.56 bits per heavy atom. The summed E-state index contributed by atoms with van der Waals surface area (Å²) in [6.07, 6.45) is 4.02. The van der Waals surface area contributed by atoms with Gasteiger partial charge in [0.2, 0.25) is 0 Å². The Bertz CT molecular complexity index is 588. The molecule has 1 amide bonds. The molecule has 5 nitrogen and oxygen atoms in total.